The molecule has 0 aliphatic carbocycles. The van der Waals surface area contributed by atoms with Crippen molar-refractivity contribution in [2.75, 3.05) is 19.5 Å². The summed E-state index contributed by atoms with van der Waals surface area (Å²) in [6, 6.07) is 5.44. The molecule has 0 unspecified atom stereocenters. The molecule has 13 heavy (non-hydrogen) atoms. The quantitative estimate of drug-likeness (QED) is 0.788. The van der Waals surface area contributed by atoms with Crippen molar-refractivity contribution in [1.82, 2.24) is 0 Å². The molecule has 72 valence electrons. The molecule has 1 rings (SSSR count). The van der Waals surface area contributed by atoms with Crippen LogP contribution in [0.5, 0.6) is 5.75 Å². The van der Waals surface area contributed by atoms with E-state index in [1.165, 1.54) is 11.8 Å². The average molecular weight is 219 g/mol. The van der Waals surface area contributed by atoms with E-state index >= 15 is 0 Å². The normalized spacial score (nSPS) is 10.1. The first kappa shape index (κ1) is 10.7. The molecule has 1 aromatic carbocycles. The molecular weight excluding hydrogens is 208 g/mol. The van der Waals surface area contributed by atoms with Crippen molar-refractivity contribution in [1.29, 1.82) is 0 Å². The van der Waals surface area contributed by atoms with Gasteiger partial charge in [0, 0.05) is 10.8 Å². The SMILES string of the molecule is COc1ccc(Cl)cc1SCCO. The lowest BCUT2D eigenvalue weighted by molar-refractivity contribution is 0.322. The van der Waals surface area contributed by atoms with Gasteiger partial charge in [-0.05, 0) is 18.2 Å². The number of ether oxygens (including phenoxy) is 1. The maximum Gasteiger partial charge on any atom is 0.132 e. The van der Waals surface area contributed by atoms with E-state index in [9.17, 15) is 0 Å². The first-order valence-electron chi connectivity index (χ1n) is 3.85. The van der Waals surface area contributed by atoms with Crippen molar-refractivity contribution < 1.29 is 9.84 Å². The van der Waals surface area contributed by atoms with E-state index in [1.807, 2.05) is 12.1 Å². The van der Waals surface area contributed by atoms with E-state index in [4.69, 9.17) is 21.4 Å². The fraction of sp³-hybridized carbons (Fsp3) is 0.333. The summed E-state index contributed by atoms with van der Waals surface area (Å²) in [5.41, 5.74) is 0. The largest absolute Gasteiger partial charge is 0.496 e. The molecule has 0 atom stereocenters. The van der Waals surface area contributed by atoms with Crippen LogP contribution in [0.3, 0.4) is 0 Å². The summed E-state index contributed by atoms with van der Waals surface area (Å²) in [6.07, 6.45) is 0. The van der Waals surface area contributed by atoms with Crippen LogP contribution in [-0.2, 0) is 0 Å². The van der Waals surface area contributed by atoms with Gasteiger partial charge in [-0.3, -0.25) is 0 Å². The number of aliphatic hydroxyl groups is 1. The van der Waals surface area contributed by atoms with Crippen molar-refractivity contribution in [3.05, 3.63) is 23.2 Å². The predicted molar refractivity (Wildman–Crippen MR) is 55.8 cm³/mol. The second kappa shape index (κ2) is 5.37. The Kier molecular flexibility index (Phi) is 4.42. The molecule has 0 saturated heterocycles. The van der Waals surface area contributed by atoms with Crippen molar-refractivity contribution >= 4 is 23.4 Å². The third-order valence-corrected chi connectivity index (χ3v) is 2.73. The highest BCUT2D eigenvalue weighted by Crippen LogP contribution is 2.31. The minimum Gasteiger partial charge on any atom is -0.496 e. The Bertz CT molecular complexity index is 278. The minimum atomic E-state index is 0.153. The molecule has 1 aromatic rings. The predicted octanol–water partition coefficient (Wildman–Crippen LogP) is 2.43. The molecule has 4 heteroatoms. The van der Waals surface area contributed by atoms with Crippen LogP contribution in [-0.4, -0.2) is 24.6 Å². The second-order valence-corrected chi connectivity index (χ2v) is 3.94. The number of thioether (sulfide) groups is 1. The molecule has 0 bridgehead atoms. The Morgan fingerprint density at radius 2 is 2.31 bits per heavy atom. The number of hydrogen-bond acceptors (Lipinski definition) is 3. The molecule has 0 spiro atoms. The summed E-state index contributed by atoms with van der Waals surface area (Å²) < 4.78 is 5.14. The topological polar surface area (TPSA) is 29.5 Å². The Labute approximate surface area is 86.9 Å². The zero-order valence-corrected chi connectivity index (χ0v) is 8.86. The van der Waals surface area contributed by atoms with Crippen LogP contribution in [0.15, 0.2) is 23.1 Å². The zero-order chi connectivity index (χ0) is 9.68. The number of halogens is 1. The smallest absolute Gasteiger partial charge is 0.132 e. The van der Waals surface area contributed by atoms with Gasteiger partial charge in [0.25, 0.3) is 0 Å². The van der Waals surface area contributed by atoms with Gasteiger partial charge in [-0.15, -0.1) is 11.8 Å². The second-order valence-electron chi connectivity index (χ2n) is 2.37. The maximum absolute atomic E-state index is 8.67. The van der Waals surface area contributed by atoms with Gasteiger partial charge >= 0.3 is 0 Å². The van der Waals surface area contributed by atoms with Gasteiger partial charge in [-0.2, -0.15) is 0 Å². The molecule has 0 aliphatic heterocycles. The molecule has 0 saturated carbocycles. The third kappa shape index (κ3) is 3.10. The highest BCUT2D eigenvalue weighted by Gasteiger charge is 2.03. The Morgan fingerprint density at radius 1 is 1.54 bits per heavy atom. The lowest BCUT2D eigenvalue weighted by Crippen LogP contribution is -1.89. The van der Waals surface area contributed by atoms with Crippen LogP contribution in [0.1, 0.15) is 0 Å². The van der Waals surface area contributed by atoms with E-state index in [-0.39, 0.29) is 6.61 Å². The number of aliphatic hydroxyl groups excluding tert-OH is 1. The van der Waals surface area contributed by atoms with E-state index in [0.29, 0.717) is 10.8 Å². The van der Waals surface area contributed by atoms with E-state index in [0.717, 1.165) is 10.6 Å². The maximum atomic E-state index is 8.67. The van der Waals surface area contributed by atoms with Crippen molar-refractivity contribution in [2.45, 2.75) is 4.90 Å². The summed E-state index contributed by atoms with van der Waals surface area (Å²) in [5, 5.41) is 9.35. The molecule has 0 aliphatic rings. The van der Waals surface area contributed by atoms with Gasteiger partial charge < -0.3 is 9.84 Å². The number of benzene rings is 1. The Hall–Kier alpha value is -0.380. The van der Waals surface area contributed by atoms with E-state index in [1.54, 1.807) is 13.2 Å². The lowest BCUT2D eigenvalue weighted by Gasteiger charge is -2.07. The van der Waals surface area contributed by atoms with Gasteiger partial charge in [0.15, 0.2) is 0 Å². The van der Waals surface area contributed by atoms with Gasteiger partial charge in [0.1, 0.15) is 5.75 Å². The Balaban J connectivity index is 2.81. The standard InChI is InChI=1S/C9H11ClO2S/c1-12-8-3-2-7(10)6-9(8)13-5-4-11/h2-3,6,11H,4-5H2,1H3. The van der Waals surface area contributed by atoms with Crippen LogP contribution in [0.25, 0.3) is 0 Å². The van der Waals surface area contributed by atoms with Crippen molar-refractivity contribution in [2.24, 2.45) is 0 Å². The molecule has 0 aromatic heterocycles. The molecule has 0 fully saturated rings. The van der Waals surface area contributed by atoms with E-state index < -0.39 is 0 Å². The molecule has 2 nitrogen and oxygen atoms in total. The van der Waals surface area contributed by atoms with Gasteiger partial charge in [0.2, 0.25) is 0 Å². The first-order valence-corrected chi connectivity index (χ1v) is 5.21. The highest BCUT2D eigenvalue weighted by atomic mass is 35.5. The van der Waals surface area contributed by atoms with E-state index in [2.05, 4.69) is 0 Å². The number of rotatable bonds is 4. The summed E-state index contributed by atoms with van der Waals surface area (Å²) in [5.74, 6) is 1.44. The number of hydrogen-bond donors (Lipinski definition) is 1. The minimum absolute atomic E-state index is 0.153. The highest BCUT2D eigenvalue weighted by molar-refractivity contribution is 7.99. The van der Waals surface area contributed by atoms with Crippen molar-refractivity contribution in [3.63, 3.8) is 0 Å². The van der Waals surface area contributed by atoms with Gasteiger partial charge in [-0.1, -0.05) is 11.6 Å². The lowest BCUT2D eigenvalue weighted by atomic mass is 10.3. The number of methoxy groups -OCH3 is 1. The average Bonchev–Trinajstić information content (AvgIpc) is 2.15. The molecule has 1 N–H and O–H groups in total. The zero-order valence-electron chi connectivity index (χ0n) is 7.29. The summed E-state index contributed by atoms with van der Waals surface area (Å²) in [6.45, 7) is 0.153. The van der Waals surface area contributed by atoms with Crippen molar-refractivity contribution in [3.8, 4) is 5.75 Å². The summed E-state index contributed by atoms with van der Waals surface area (Å²) >= 11 is 7.35. The fourth-order valence-electron chi connectivity index (χ4n) is 0.919. The summed E-state index contributed by atoms with van der Waals surface area (Å²) in [4.78, 5) is 0.962. The molecule has 0 amide bonds. The van der Waals surface area contributed by atoms with Crippen LogP contribution in [0, 0.1) is 0 Å². The van der Waals surface area contributed by atoms with Crippen LogP contribution < -0.4 is 4.74 Å². The first-order chi connectivity index (χ1) is 6.27. The molecular formula is C9H11ClO2S. The van der Waals surface area contributed by atoms with Gasteiger partial charge in [0.05, 0.1) is 18.6 Å². The molecule has 0 heterocycles. The summed E-state index contributed by atoms with van der Waals surface area (Å²) in [7, 11) is 1.62. The Morgan fingerprint density at radius 3 is 2.92 bits per heavy atom. The van der Waals surface area contributed by atoms with Crippen LogP contribution in [0.2, 0.25) is 5.02 Å². The fourth-order valence-corrected chi connectivity index (χ4v) is 1.97. The molecule has 0 radical (unpaired) electrons. The van der Waals surface area contributed by atoms with Crippen LogP contribution in [0.4, 0.5) is 0 Å². The van der Waals surface area contributed by atoms with Gasteiger partial charge in [-0.25, -0.2) is 0 Å². The van der Waals surface area contributed by atoms with Crippen LogP contribution >= 0.6 is 23.4 Å². The monoisotopic (exact) mass is 218 g/mol. The third-order valence-electron chi connectivity index (χ3n) is 1.47.